The van der Waals surface area contributed by atoms with E-state index in [9.17, 15) is 4.79 Å². The Morgan fingerprint density at radius 3 is 3.09 bits per heavy atom. The second-order valence-electron chi connectivity index (χ2n) is 4.99. The van der Waals surface area contributed by atoms with Gasteiger partial charge in [-0.2, -0.15) is 0 Å². The number of hydrogen-bond donors (Lipinski definition) is 2. The summed E-state index contributed by atoms with van der Waals surface area (Å²) in [4.78, 5) is 18.6. The Labute approximate surface area is 135 Å². The fraction of sp³-hybridized carbons (Fsp3) is 0.0667. The molecule has 4 aromatic heterocycles. The van der Waals surface area contributed by atoms with E-state index in [0.717, 1.165) is 5.39 Å². The molecule has 23 heavy (non-hydrogen) atoms. The molecule has 0 amide bonds. The molecule has 0 aliphatic carbocycles. The lowest BCUT2D eigenvalue weighted by Gasteiger charge is -2.08. The summed E-state index contributed by atoms with van der Waals surface area (Å²) in [7, 11) is 0. The van der Waals surface area contributed by atoms with Crippen molar-refractivity contribution in [2.45, 2.75) is 6.54 Å². The molecule has 0 spiro atoms. The van der Waals surface area contributed by atoms with Crippen molar-refractivity contribution < 1.29 is 0 Å². The fourth-order valence-electron chi connectivity index (χ4n) is 2.44. The fourth-order valence-corrected chi connectivity index (χ4v) is 2.60. The van der Waals surface area contributed by atoms with E-state index in [2.05, 4.69) is 25.5 Å². The van der Waals surface area contributed by atoms with Gasteiger partial charge in [0.05, 0.1) is 17.3 Å². The lowest BCUT2D eigenvalue weighted by atomic mass is 10.2. The number of nitrogens with zero attached hydrogens (tertiary/aromatic N) is 4. The molecule has 0 aromatic carbocycles. The van der Waals surface area contributed by atoms with Gasteiger partial charge in [-0.3, -0.25) is 9.20 Å². The number of rotatable bonds is 3. The molecule has 0 bridgehead atoms. The molecule has 4 rings (SSSR count). The number of nitrogens with one attached hydrogen (secondary N) is 2. The molecule has 114 valence electrons. The van der Waals surface area contributed by atoms with Crippen molar-refractivity contribution in [3.8, 4) is 0 Å². The van der Waals surface area contributed by atoms with Gasteiger partial charge in [0.25, 0.3) is 5.56 Å². The van der Waals surface area contributed by atoms with E-state index in [1.807, 2.05) is 16.5 Å². The number of H-pyrrole nitrogens is 1. The zero-order valence-corrected chi connectivity index (χ0v) is 12.6. The zero-order valence-electron chi connectivity index (χ0n) is 11.8. The smallest absolute Gasteiger partial charge is 0.251 e. The molecule has 7 nitrogen and oxygen atoms in total. The predicted octanol–water partition coefficient (Wildman–Crippen LogP) is 2.23. The summed E-state index contributed by atoms with van der Waals surface area (Å²) in [6, 6.07) is 8.77. The highest BCUT2D eigenvalue weighted by Crippen LogP contribution is 2.19. The SMILES string of the molecule is O=c1cc(NCc2nnc3ccc(Cl)cn23)c2cccnc2[nH]1. The Morgan fingerprint density at radius 2 is 2.17 bits per heavy atom. The minimum atomic E-state index is -0.215. The quantitative estimate of drug-likeness (QED) is 0.603. The van der Waals surface area contributed by atoms with Crippen LogP contribution in [-0.4, -0.2) is 24.6 Å². The number of halogens is 1. The predicted molar refractivity (Wildman–Crippen MR) is 87.7 cm³/mol. The molecule has 2 N–H and O–H groups in total. The van der Waals surface area contributed by atoms with Crippen molar-refractivity contribution in [2.75, 3.05) is 5.32 Å². The van der Waals surface area contributed by atoms with Crippen LogP contribution in [0.3, 0.4) is 0 Å². The number of hydrogen-bond acceptors (Lipinski definition) is 5. The summed E-state index contributed by atoms with van der Waals surface area (Å²) >= 11 is 6.01. The van der Waals surface area contributed by atoms with Crippen molar-refractivity contribution in [3.63, 3.8) is 0 Å². The first-order valence-corrected chi connectivity index (χ1v) is 7.29. The van der Waals surface area contributed by atoms with Crippen LogP contribution in [0.4, 0.5) is 5.69 Å². The number of fused-ring (bicyclic) bond motifs is 2. The molecular formula is C15H11ClN6O. The standard InChI is InChI=1S/C15H11ClN6O/c16-9-3-4-12-20-21-13(22(12)8-9)7-18-11-6-14(23)19-15-10(11)2-1-5-17-15/h1-6,8H,7H2,(H2,17,18,19,23). The molecule has 0 fully saturated rings. The maximum atomic E-state index is 11.7. The third-order valence-electron chi connectivity index (χ3n) is 3.49. The maximum Gasteiger partial charge on any atom is 0.251 e. The van der Waals surface area contributed by atoms with Gasteiger partial charge in [0, 0.05) is 23.8 Å². The van der Waals surface area contributed by atoms with Gasteiger partial charge in [0.2, 0.25) is 0 Å². The van der Waals surface area contributed by atoms with E-state index in [-0.39, 0.29) is 5.56 Å². The van der Waals surface area contributed by atoms with Crippen LogP contribution in [0, 0.1) is 0 Å². The normalized spacial score (nSPS) is 11.2. The van der Waals surface area contributed by atoms with Crippen LogP contribution in [0.5, 0.6) is 0 Å². The summed E-state index contributed by atoms with van der Waals surface area (Å²) < 4.78 is 1.81. The van der Waals surface area contributed by atoms with Crippen LogP contribution in [0.25, 0.3) is 16.7 Å². The van der Waals surface area contributed by atoms with Crippen molar-refractivity contribution in [3.05, 3.63) is 63.9 Å². The third kappa shape index (κ3) is 2.51. The van der Waals surface area contributed by atoms with Crippen LogP contribution >= 0.6 is 11.6 Å². The summed E-state index contributed by atoms with van der Waals surface area (Å²) in [5.74, 6) is 0.694. The lowest BCUT2D eigenvalue weighted by molar-refractivity contribution is 0.918. The van der Waals surface area contributed by atoms with Crippen molar-refractivity contribution in [1.29, 1.82) is 0 Å². The number of anilines is 1. The molecule has 0 saturated carbocycles. The van der Waals surface area contributed by atoms with E-state index < -0.39 is 0 Å². The number of aromatic nitrogens is 5. The van der Waals surface area contributed by atoms with Crippen LogP contribution in [-0.2, 0) is 6.54 Å². The van der Waals surface area contributed by atoms with Crippen LogP contribution in [0.15, 0.2) is 47.5 Å². The van der Waals surface area contributed by atoms with Crippen LogP contribution < -0.4 is 10.9 Å². The van der Waals surface area contributed by atoms with Gasteiger partial charge in [-0.25, -0.2) is 4.98 Å². The van der Waals surface area contributed by atoms with Gasteiger partial charge in [0.1, 0.15) is 5.65 Å². The molecular weight excluding hydrogens is 316 g/mol. The van der Waals surface area contributed by atoms with Crippen molar-refractivity contribution in [2.24, 2.45) is 0 Å². The Balaban J connectivity index is 1.71. The van der Waals surface area contributed by atoms with Crippen LogP contribution in [0.1, 0.15) is 5.82 Å². The zero-order chi connectivity index (χ0) is 15.8. The Morgan fingerprint density at radius 1 is 1.26 bits per heavy atom. The average Bonchev–Trinajstić information content (AvgIpc) is 2.94. The highest BCUT2D eigenvalue weighted by atomic mass is 35.5. The van der Waals surface area contributed by atoms with Gasteiger partial charge < -0.3 is 10.3 Å². The molecule has 4 aromatic rings. The Bertz CT molecular complexity index is 1070. The summed E-state index contributed by atoms with van der Waals surface area (Å²) in [6.45, 7) is 0.398. The topological polar surface area (TPSA) is 88.0 Å². The van der Waals surface area contributed by atoms with E-state index in [1.165, 1.54) is 6.07 Å². The second-order valence-corrected chi connectivity index (χ2v) is 5.43. The third-order valence-corrected chi connectivity index (χ3v) is 3.71. The van der Waals surface area contributed by atoms with Crippen molar-refractivity contribution >= 4 is 34.0 Å². The van der Waals surface area contributed by atoms with E-state index >= 15 is 0 Å². The second kappa shape index (κ2) is 5.36. The average molecular weight is 327 g/mol. The summed E-state index contributed by atoms with van der Waals surface area (Å²) in [5.41, 5.74) is 1.73. The lowest BCUT2D eigenvalue weighted by Crippen LogP contribution is -2.10. The van der Waals surface area contributed by atoms with E-state index in [1.54, 1.807) is 24.5 Å². The molecule has 0 atom stereocenters. The first kappa shape index (κ1) is 13.7. The minimum Gasteiger partial charge on any atom is -0.377 e. The highest BCUT2D eigenvalue weighted by Gasteiger charge is 2.08. The molecule has 0 radical (unpaired) electrons. The van der Waals surface area contributed by atoms with Gasteiger partial charge in [0.15, 0.2) is 11.5 Å². The highest BCUT2D eigenvalue weighted by molar-refractivity contribution is 6.30. The molecule has 0 aliphatic rings. The Hall–Kier alpha value is -2.93. The maximum absolute atomic E-state index is 11.7. The summed E-state index contributed by atoms with van der Waals surface area (Å²) in [6.07, 6.45) is 3.39. The van der Waals surface area contributed by atoms with Crippen LogP contribution in [0.2, 0.25) is 5.02 Å². The molecule has 8 heteroatoms. The Kier molecular flexibility index (Phi) is 3.20. The first-order valence-electron chi connectivity index (χ1n) is 6.92. The first-order chi connectivity index (χ1) is 11.2. The largest absolute Gasteiger partial charge is 0.377 e. The van der Waals surface area contributed by atoms with Crippen molar-refractivity contribution in [1.82, 2.24) is 24.6 Å². The number of aromatic amines is 1. The van der Waals surface area contributed by atoms with Gasteiger partial charge >= 0.3 is 0 Å². The van der Waals surface area contributed by atoms with Gasteiger partial charge in [-0.1, -0.05) is 11.6 Å². The molecule has 0 saturated heterocycles. The molecule has 0 unspecified atom stereocenters. The summed E-state index contributed by atoms with van der Waals surface area (Å²) in [5, 5.41) is 12.9. The molecule has 0 aliphatic heterocycles. The van der Waals surface area contributed by atoms with Gasteiger partial charge in [-0.15, -0.1) is 10.2 Å². The van der Waals surface area contributed by atoms with Gasteiger partial charge in [-0.05, 0) is 24.3 Å². The molecule has 4 heterocycles. The van der Waals surface area contributed by atoms with E-state index in [4.69, 9.17) is 11.6 Å². The number of pyridine rings is 3. The monoisotopic (exact) mass is 326 g/mol. The van der Waals surface area contributed by atoms with E-state index in [0.29, 0.717) is 34.4 Å². The minimum absolute atomic E-state index is 0.215.